The van der Waals surface area contributed by atoms with E-state index in [4.69, 9.17) is 0 Å². The van der Waals surface area contributed by atoms with E-state index < -0.39 is 18.9 Å². The topological polar surface area (TPSA) is 17.1 Å². The van der Waals surface area contributed by atoms with Crippen LogP contribution in [-0.4, -0.2) is 12.3 Å². The summed E-state index contributed by atoms with van der Waals surface area (Å²) in [6, 6.07) is 7.86. The Bertz CT molecular complexity index is 643. The third-order valence-corrected chi connectivity index (χ3v) is 5.94. The quantitative estimate of drug-likeness (QED) is 0.405. The Hall–Kier alpha value is -1.19. The van der Waals surface area contributed by atoms with E-state index in [0.29, 0.717) is 0 Å². The van der Waals surface area contributed by atoms with Crippen molar-refractivity contribution in [2.75, 3.05) is 0 Å². The van der Waals surface area contributed by atoms with Gasteiger partial charge in [0.25, 0.3) is 0 Å². The third kappa shape index (κ3) is 8.60. The normalized spacial score (nSPS) is 15.4. The summed E-state index contributed by atoms with van der Waals surface area (Å²) in [5.74, 6) is 0. The van der Waals surface area contributed by atoms with Gasteiger partial charge in [-0.3, -0.25) is 0 Å². The number of aryl methyl sites for hydroxylation is 1. The number of hydrogen-bond acceptors (Lipinski definition) is 1. The SMILES string of the molecule is CC(/C=C\[S@@](=O)c1ccc(C)cc1)=C/C(C)(C)C/C=C/[Si](C)(C)C. The molecule has 0 unspecified atom stereocenters. The summed E-state index contributed by atoms with van der Waals surface area (Å²) >= 11 is 0. The van der Waals surface area contributed by atoms with E-state index in [1.807, 2.05) is 37.3 Å². The highest BCUT2D eigenvalue weighted by Gasteiger charge is 2.14. The molecule has 0 aliphatic rings. The standard InChI is InChI=1S/C21H32OSSi/c1-18-9-11-20(12-10-18)23(22)15-13-19(2)17-21(3,4)14-8-16-24(5,6)7/h8-13,15-17H,14H2,1-7H3/b15-13-,16-8+,19-17-/t23-/m1/s1. The molecule has 0 radical (unpaired) electrons. The van der Waals surface area contributed by atoms with E-state index >= 15 is 0 Å². The molecule has 0 aliphatic carbocycles. The van der Waals surface area contributed by atoms with Crippen LogP contribution in [0.15, 0.2) is 64.1 Å². The number of benzene rings is 1. The van der Waals surface area contributed by atoms with Gasteiger partial charge in [-0.1, -0.05) is 80.7 Å². The van der Waals surface area contributed by atoms with Crippen LogP contribution in [-0.2, 0) is 10.8 Å². The molecule has 0 fully saturated rings. The Morgan fingerprint density at radius 2 is 1.75 bits per heavy atom. The van der Waals surface area contributed by atoms with E-state index in [0.717, 1.165) is 16.9 Å². The Labute approximate surface area is 152 Å². The van der Waals surface area contributed by atoms with Gasteiger partial charge >= 0.3 is 0 Å². The lowest BCUT2D eigenvalue weighted by Crippen LogP contribution is -2.16. The molecule has 0 amide bonds. The van der Waals surface area contributed by atoms with E-state index in [1.165, 1.54) is 5.56 Å². The van der Waals surface area contributed by atoms with E-state index in [-0.39, 0.29) is 5.41 Å². The molecule has 1 nitrogen and oxygen atoms in total. The molecule has 1 rings (SSSR count). The highest BCUT2D eigenvalue weighted by Crippen LogP contribution is 2.25. The zero-order valence-electron chi connectivity index (χ0n) is 16.2. The fourth-order valence-corrected chi connectivity index (χ4v) is 4.08. The Balaban J connectivity index is 2.72. The van der Waals surface area contributed by atoms with Crippen molar-refractivity contribution in [3.8, 4) is 0 Å². The molecule has 1 atom stereocenters. The average Bonchev–Trinajstić information content (AvgIpc) is 2.43. The molecule has 0 bridgehead atoms. The summed E-state index contributed by atoms with van der Waals surface area (Å²) in [5.41, 5.74) is 4.85. The minimum absolute atomic E-state index is 0.107. The highest BCUT2D eigenvalue weighted by atomic mass is 32.2. The lowest BCUT2D eigenvalue weighted by atomic mass is 9.87. The summed E-state index contributed by atoms with van der Waals surface area (Å²) in [5, 5.41) is 1.78. The molecule has 132 valence electrons. The smallest absolute Gasteiger partial charge is 0.0776 e. The van der Waals surface area contributed by atoms with Crippen molar-refractivity contribution in [2.24, 2.45) is 5.41 Å². The van der Waals surface area contributed by atoms with Gasteiger partial charge in [-0.25, -0.2) is 4.21 Å². The van der Waals surface area contributed by atoms with Gasteiger partial charge in [-0.2, -0.15) is 0 Å². The van der Waals surface area contributed by atoms with Gasteiger partial charge in [-0.05, 0) is 37.8 Å². The van der Waals surface area contributed by atoms with Gasteiger partial charge in [-0.15, -0.1) is 0 Å². The first-order valence-corrected chi connectivity index (χ1v) is 13.3. The minimum Gasteiger partial charge on any atom is -0.250 e. The third-order valence-electron chi connectivity index (χ3n) is 3.59. The maximum Gasteiger partial charge on any atom is 0.0776 e. The van der Waals surface area contributed by atoms with Crippen LogP contribution < -0.4 is 0 Å². The predicted octanol–water partition coefficient (Wildman–Crippen LogP) is 6.41. The molecular weight excluding hydrogens is 328 g/mol. The Morgan fingerprint density at radius 3 is 2.29 bits per heavy atom. The zero-order valence-corrected chi connectivity index (χ0v) is 18.0. The van der Waals surface area contributed by atoms with Crippen LogP contribution in [0, 0.1) is 12.3 Å². The second-order valence-corrected chi connectivity index (χ2v) is 14.7. The number of allylic oxidation sites excluding steroid dienone is 4. The maximum atomic E-state index is 12.3. The molecule has 3 heteroatoms. The minimum atomic E-state index is -1.12. The molecule has 1 aromatic rings. The van der Waals surface area contributed by atoms with Gasteiger partial charge in [0.2, 0.25) is 0 Å². The fraction of sp³-hybridized carbons (Fsp3) is 0.429. The summed E-state index contributed by atoms with van der Waals surface area (Å²) in [7, 11) is -2.21. The van der Waals surface area contributed by atoms with Gasteiger partial charge in [0.1, 0.15) is 0 Å². The zero-order chi connectivity index (χ0) is 18.4. The molecule has 24 heavy (non-hydrogen) atoms. The molecule has 1 aromatic carbocycles. The largest absolute Gasteiger partial charge is 0.250 e. The lowest BCUT2D eigenvalue weighted by molar-refractivity contribution is 0.486. The van der Waals surface area contributed by atoms with E-state index in [1.54, 1.807) is 5.41 Å². The van der Waals surface area contributed by atoms with E-state index in [2.05, 4.69) is 58.3 Å². The summed E-state index contributed by atoms with van der Waals surface area (Å²) in [6.45, 7) is 15.6. The van der Waals surface area contributed by atoms with Crippen LogP contribution in [0.4, 0.5) is 0 Å². The summed E-state index contributed by atoms with van der Waals surface area (Å²) in [6.07, 6.45) is 7.60. The van der Waals surface area contributed by atoms with Gasteiger partial charge in [0.15, 0.2) is 0 Å². The second kappa shape index (κ2) is 8.77. The first-order chi connectivity index (χ1) is 11.0. The first-order valence-electron chi connectivity index (χ1n) is 8.51. The van der Waals surface area contributed by atoms with Crippen molar-refractivity contribution in [3.63, 3.8) is 0 Å². The average molecular weight is 361 g/mol. The van der Waals surface area contributed by atoms with Crippen molar-refractivity contribution >= 4 is 18.9 Å². The molecule has 0 saturated carbocycles. The van der Waals surface area contributed by atoms with Crippen molar-refractivity contribution in [1.29, 1.82) is 0 Å². The van der Waals surface area contributed by atoms with Gasteiger partial charge in [0, 0.05) is 10.3 Å². The first kappa shape index (κ1) is 20.9. The second-order valence-electron chi connectivity index (χ2n) is 8.26. The molecular formula is C21H32OSSi. The van der Waals surface area contributed by atoms with Crippen molar-refractivity contribution < 1.29 is 4.21 Å². The summed E-state index contributed by atoms with van der Waals surface area (Å²) in [4.78, 5) is 0.849. The maximum absolute atomic E-state index is 12.3. The molecule has 0 aromatic heterocycles. The molecule has 0 aliphatic heterocycles. The molecule has 0 heterocycles. The monoisotopic (exact) mass is 360 g/mol. The van der Waals surface area contributed by atoms with Gasteiger partial charge < -0.3 is 0 Å². The van der Waals surface area contributed by atoms with Crippen LogP contribution in [0.1, 0.15) is 32.8 Å². The van der Waals surface area contributed by atoms with E-state index in [9.17, 15) is 4.21 Å². The van der Waals surface area contributed by atoms with Crippen molar-refractivity contribution in [3.05, 3.63) is 64.7 Å². The van der Waals surface area contributed by atoms with Crippen molar-refractivity contribution in [1.82, 2.24) is 0 Å². The van der Waals surface area contributed by atoms with Gasteiger partial charge in [0.05, 0.1) is 18.9 Å². The molecule has 0 N–H and O–H groups in total. The van der Waals surface area contributed by atoms with Crippen LogP contribution in [0.2, 0.25) is 19.6 Å². The number of hydrogen-bond donors (Lipinski definition) is 0. The highest BCUT2D eigenvalue weighted by molar-refractivity contribution is 7.88. The number of rotatable bonds is 7. The molecule has 0 spiro atoms. The van der Waals surface area contributed by atoms with Crippen molar-refractivity contribution in [2.45, 2.75) is 58.7 Å². The molecule has 0 saturated heterocycles. The van der Waals surface area contributed by atoms with Crippen LogP contribution in [0.3, 0.4) is 0 Å². The fourth-order valence-electron chi connectivity index (χ4n) is 2.36. The Morgan fingerprint density at radius 1 is 1.17 bits per heavy atom. The Kier molecular flexibility index (Phi) is 7.62. The van der Waals surface area contributed by atoms with Crippen LogP contribution in [0.5, 0.6) is 0 Å². The predicted molar refractivity (Wildman–Crippen MR) is 111 cm³/mol. The summed E-state index contributed by atoms with van der Waals surface area (Å²) < 4.78 is 12.3. The van der Waals surface area contributed by atoms with Crippen LogP contribution in [0.25, 0.3) is 0 Å². The van der Waals surface area contributed by atoms with Crippen LogP contribution >= 0.6 is 0 Å². The lowest BCUT2D eigenvalue weighted by Gasteiger charge is -2.20.